The Bertz CT molecular complexity index is 255. The van der Waals surface area contributed by atoms with Crippen LogP contribution in [0.2, 0.25) is 0 Å². The molecule has 17 heavy (non-hydrogen) atoms. The summed E-state index contributed by atoms with van der Waals surface area (Å²) in [5, 5.41) is 22.3. The highest BCUT2D eigenvalue weighted by Gasteiger charge is 2.33. The second-order valence-electron chi connectivity index (χ2n) is 4.98. The third-order valence-electron chi connectivity index (χ3n) is 3.48. The first-order chi connectivity index (χ1) is 8.01. The molecule has 0 heterocycles. The number of hydrogen-bond donors (Lipinski definition) is 3. The number of methoxy groups -OCH3 is 1. The maximum absolute atomic E-state index is 11.3. The summed E-state index contributed by atoms with van der Waals surface area (Å²) in [6, 6.07) is 0.171. The molecule has 3 atom stereocenters. The fraction of sp³-hybridized carbons (Fsp3) is 0.917. The molecule has 5 heteroatoms. The zero-order valence-corrected chi connectivity index (χ0v) is 10.6. The van der Waals surface area contributed by atoms with E-state index in [1.807, 2.05) is 0 Å². The highest BCUT2D eigenvalue weighted by molar-refractivity contribution is 5.78. The first kappa shape index (κ1) is 14.4. The minimum atomic E-state index is -1.51. The van der Waals surface area contributed by atoms with E-state index in [0.29, 0.717) is 0 Å². The lowest BCUT2D eigenvalue weighted by molar-refractivity contribution is -0.160. The second kappa shape index (κ2) is 6.33. The van der Waals surface area contributed by atoms with Crippen molar-refractivity contribution in [1.82, 2.24) is 5.32 Å². The predicted octanol–water partition coefficient (Wildman–Crippen LogP) is 0.0511. The molecule has 3 unspecified atom stereocenters. The first-order valence-corrected chi connectivity index (χ1v) is 6.16. The zero-order valence-electron chi connectivity index (χ0n) is 10.6. The summed E-state index contributed by atoms with van der Waals surface area (Å²) in [7, 11) is 1.26. The van der Waals surface area contributed by atoms with E-state index in [1.54, 1.807) is 0 Å². The van der Waals surface area contributed by atoms with Crippen molar-refractivity contribution in [1.29, 1.82) is 0 Å². The van der Waals surface area contributed by atoms with Crippen LogP contribution in [0.5, 0.6) is 0 Å². The van der Waals surface area contributed by atoms with Crippen molar-refractivity contribution in [3.8, 4) is 0 Å². The van der Waals surface area contributed by atoms with Gasteiger partial charge in [-0.3, -0.25) is 0 Å². The van der Waals surface area contributed by atoms with Gasteiger partial charge < -0.3 is 20.3 Å². The van der Waals surface area contributed by atoms with Crippen molar-refractivity contribution >= 4 is 5.97 Å². The molecule has 0 aromatic heterocycles. The van der Waals surface area contributed by atoms with Gasteiger partial charge in [-0.2, -0.15) is 0 Å². The lowest BCUT2D eigenvalue weighted by Crippen LogP contribution is -2.51. The van der Waals surface area contributed by atoms with Gasteiger partial charge in [0.15, 0.2) is 5.60 Å². The number of aliphatic hydroxyl groups is 2. The third-order valence-corrected chi connectivity index (χ3v) is 3.48. The average Bonchev–Trinajstić information content (AvgIpc) is 2.35. The molecule has 0 aromatic rings. The maximum Gasteiger partial charge on any atom is 0.338 e. The molecule has 1 fully saturated rings. The van der Waals surface area contributed by atoms with Crippen LogP contribution in [0.3, 0.4) is 0 Å². The van der Waals surface area contributed by atoms with Crippen molar-refractivity contribution in [2.75, 3.05) is 20.3 Å². The molecule has 0 aliphatic heterocycles. The lowest BCUT2D eigenvalue weighted by Gasteiger charge is -2.33. The molecule has 1 rings (SSSR count). The van der Waals surface area contributed by atoms with E-state index >= 15 is 0 Å². The van der Waals surface area contributed by atoms with E-state index in [4.69, 9.17) is 0 Å². The van der Waals surface area contributed by atoms with Gasteiger partial charge in [0.05, 0.1) is 7.11 Å². The van der Waals surface area contributed by atoms with Gasteiger partial charge in [0.1, 0.15) is 0 Å². The Kier molecular flexibility index (Phi) is 5.36. The number of hydrogen-bond acceptors (Lipinski definition) is 5. The van der Waals surface area contributed by atoms with E-state index in [9.17, 15) is 15.0 Å². The molecular formula is C12H23NO4. The predicted molar refractivity (Wildman–Crippen MR) is 63.5 cm³/mol. The van der Waals surface area contributed by atoms with Gasteiger partial charge in [-0.15, -0.1) is 0 Å². The summed E-state index contributed by atoms with van der Waals surface area (Å²) in [4.78, 5) is 11.3. The van der Waals surface area contributed by atoms with Gasteiger partial charge in [0.2, 0.25) is 0 Å². The number of nitrogens with one attached hydrogen (secondary N) is 1. The van der Waals surface area contributed by atoms with Gasteiger partial charge in [-0.05, 0) is 25.7 Å². The smallest absolute Gasteiger partial charge is 0.338 e. The Balaban J connectivity index is 2.45. The highest BCUT2D eigenvalue weighted by atomic mass is 16.5. The summed E-state index contributed by atoms with van der Waals surface area (Å²) in [6.07, 6.45) is 4.22. The fourth-order valence-electron chi connectivity index (χ4n) is 2.32. The van der Waals surface area contributed by atoms with E-state index in [1.165, 1.54) is 14.0 Å². The average molecular weight is 245 g/mol. The van der Waals surface area contributed by atoms with E-state index in [2.05, 4.69) is 10.1 Å². The quantitative estimate of drug-likeness (QED) is 0.597. The van der Waals surface area contributed by atoms with Crippen LogP contribution in [-0.4, -0.2) is 48.1 Å². The SMILES string of the molecule is COC(=O)C(C)(O)CNC1CCCCC1CO. The van der Waals surface area contributed by atoms with Crippen LogP contribution in [0.4, 0.5) is 0 Å². The van der Waals surface area contributed by atoms with Crippen molar-refractivity contribution in [3.05, 3.63) is 0 Å². The molecule has 0 aromatic carbocycles. The maximum atomic E-state index is 11.3. The first-order valence-electron chi connectivity index (χ1n) is 6.16. The van der Waals surface area contributed by atoms with E-state index < -0.39 is 11.6 Å². The van der Waals surface area contributed by atoms with E-state index in [-0.39, 0.29) is 25.1 Å². The molecule has 1 saturated carbocycles. The zero-order chi connectivity index (χ0) is 12.9. The number of carbonyl (C=O) groups is 1. The Morgan fingerprint density at radius 3 is 2.71 bits per heavy atom. The number of rotatable bonds is 5. The Labute approximate surface area is 102 Å². The van der Waals surface area contributed by atoms with Crippen LogP contribution in [0, 0.1) is 5.92 Å². The summed E-state index contributed by atoms with van der Waals surface area (Å²) in [6.45, 7) is 1.74. The molecule has 5 nitrogen and oxygen atoms in total. The van der Waals surface area contributed by atoms with Crippen molar-refractivity contribution in [3.63, 3.8) is 0 Å². The Morgan fingerprint density at radius 2 is 2.12 bits per heavy atom. The van der Waals surface area contributed by atoms with Crippen LogP contribution in [0.25, 0.3) is 0 Å². The normalized spacial score (nSPS) is 28.5. The molecular weight excluding hydrogens is 222 g/mol. The van der Waals surface area contributed by atoms with Crippen LogP contribution in [0.15, 0.2) is 0 Å². The molecule has 0 saturated heterocycles. The van der Waals surface area contributed by atoms with Crippen LogP contribution < -0.4 is 5.32 Å². The number of carbonyl (C=O) groups excluding carboxylic acids is 1. The molecule has 1 aliphatic carbocycles. The third kappa shape index (κ3) is 3.94. The van der Waals surface area contributed by atoms with Gasteiger partial charge in [0.25, 0.3) is 0 Å². The largest absolute Gasteiger partial charge is 0.467 e. The second-order valence-corrected chi connectivity index (χ2v) is 4.98. The van der Waals surface area contributed by atoms with Crippen LogP contribution >= 0.6 is 0 Å². The highest BCUT2D eigenvalue weighted by Crippen LogP contribution is 2.24. The van der Waals surface area contributed by atoms with Crippen LogP contribution in [-0.2, 0) is 9.53 Å². The number of ether oxygens (including phenoxy) is 1. The molecule has 100 valence electrons. The number of aliphatic hydroxyl groups excluding tert-OH is 1. The summed E-state index contributed by atoms with van der Waals surface area (Å²) in [5.41, 5.74) is -1.51. The standard InChI is InChI=1S/C12H23NO4/c1-12(16,11(15)17-2)8-13-10-6-4-3-5-9(10)7-14/h9-10,13-14,16H,3-8H2,1-2H3. The van der Waals surface area contributed by atoms with Gasteiger partial charge in [-0.25, -0.2) is 4.79 Å². The molecule has 3 N–H and O–H groups in total. The number of esters is 1. The molecule has 0 bridgehead atoms. The molecule has 0 amide bonds. The van der Waals surface area contributed by atoms with Gasteiger partial charge in [0, 0.05) is 19.2 Å². The molecule has 0 radical (unpaired) electrons. The summed E-state index contributed by atoms with van der Waals surface area (Å²) in [5.74, 6) is -0.418. The van der Waals surface area contributed by atoms with Crippen molar-refractivity contribution in [2.45, 2.75) is 44.2 Å². The van der Waals surface area contributed by atoms with E-state index in [0.717, 1.165) is 25.7 Å². The molecule has 1 aliphatic rings. The molecule has 0 spiro atoms. The minimum absolute atomic E-state index is 0.151. The van der Waals surface area contributed by atoms with Gasteiger partial charge >= 0.3 is 5.97 Å². The Morgan fingerprint density at radius 1 is 1.47 bits per heavy atom. The van der Waals surface area contributed by atoms with Gasteiger partial charge in [-0.1, -0.05) is 12.8 Å². The summed E-state index contributed by atoms with van der Waals surface area (Å²) >= 11 is 0. The van der Waals surface area contributed by atoms with Crippen LogP contribution in [0.1, 0.15) is 32.6 Å². The minimum Gasteiger partial charge on any atom is -0.467 e. The fourth-order valence-corrected chi connectivity index (χ4v) is 2.32. The monoisotopic (exact) mass is 245 g/mol. The summed E-state index contributed by atoms with van der Waals surface area (Å²) < 4.78 is 4.53. The topological polar surface area (TPSA) is 78.8 Å². The van der Waals surface area contributed by atoms with Crippen molar-refractivity contribution in [2.24, 2.45) is 5.92 Å². The van der Waals surface area contributed by atoms with Crippen molar-refractivity contribution < 1.29 is 19.7 Å². The Hall–Kier alpha value is -0.650. The lowest BCUT2D eigenvalue weighted by atomic mass is 9.84.